The van der Waals surface area contributed by atoms with E-state index in [1.807, 2.05) is 6.92 Å². The number of pyridine rings is 1. The van der Waals surface area contributed by atoms with Crippen LogP contribution in [0.4, 0.5) is 4.39 Å². The molecule has 8 nitrogen and oxygen atoms in total. The van der Waals surface area contributed by atoms with E-state index in [9.17, 15) is 22.7 Å². The van der Waals surface area contributed by atoms with Crippen LogP contribution in [0.3, 0.4) is 0 Å². The molecule has 1 aliphatic carbocycles. The zero-order valence-electron chi connectivity index (χ0n) is 21.9. The highest BCUT2D eigenvalue weighted by Crippen LogP contribution is 2.29. The van der Waals surface area contributed by atoms with Gasteiger partial charge in [-0.3, -0.25) is 4.79 Å². The van der Waals surface area contributed by atoms with Crippen molar-refractivity contribution in [3.8, 4) is 17.7 Å². The molecule has 1 fully saturated rings. The number of aromatic nitrogens is 1. The van der Waals surface area contributed by atoms with E-state index in [4.69, 9.17) is 4.74 Å². The zero-order chi connectivity index (χ0) is 27.4. The first-order chi connectivity index (χ1) is 18.1. The number of sulfonamides is 1. The predicted octanol–water partition coefficient (Wildman–Crippen LogP) is 3.30. The van der Waals surface area contributed by atoms with Crippen molar-refractivity contribution in [1.82, 2.24) is 14.2 Å². The van der Waals surface area contributed by atoms with Crippen LogP contribution in [0.25, 0.3) is 0 Å². The minimum atomic E-state index is -4.00. The maximum atomic E-state index is 13.7. The van der Waals surface area contributed by atoms with Gasteiger partial charge in [0.25, 0.3) is 5.91 Å². The van der Waals surface area contributed by atoms with Crippen LogP contribution in [0.15, 0.2) is 41.4 Å². The van der Waals surface area contributed by atoms with E-state index in [1.165, 1.54) is 38.1 Å². The Morgan fingerprint density at radius 2 is 2.03 bits per heavy atom. The van der Waals surface area contributed by atoms with Gasteiger partial charge < -0.3 is 14.7 Å². The van der Waals surface area contributed by atoms with Crippen molar-refractivity contribution in [3.05, 3.63) is 53.5 Å². The maximum Gasteiger partial charge on any atom is 0.259 e. The number of likely N-dealkylation sites (N-methyl/N-ethyl adjacent to an activating group) is 1. The minimum Gasteiger partial charge on any atom is -0.472 e. The molecule has 2 aliphatic rings. The molecule has 1 saturated carbocycles. The maximum absolute atomic E-state index is 13.7. The fourth-order valence-electron chi connectivity index (χ4n) is 4.80. The fourth-order valence-corrected chi connectivity index (χ4v) is 6.02. The lowest BCUT2D eigenvalue weighted by Gasteiger charge is -2.37. The number of carbonyl (C=O) groups is 1. The zero-order valence-corrected chi connectivity index (χ0v) is 22.7. The number of benzene rings is 1. The molecule has 1 N–H and O–H groups in total. The number of carbonyl (C=O) groups excluding carboxylic acids is 1. The van der Waals surface area contributed by atoms with Gasteiger partial charge in [0.05, 0.1) is 24.1 Å². The van der Waals surface area contributed by atoms with Gasteiger partial charge in [0.15, 0.2) is 0 Å². The van der Waals surface area contributed by atoms with E-state index in [-0.39, 0.29) is 47.9 Å². The molecule has 4 rings (SSSR count). The third-order valence-corrected chi connectivity index (χ3v) is 9.06. The van der Waals surface area contributed by atoms with Gasteiger partial charge >= 0.3 is 0 Å². The number of hydrogen-bond acceptors (Lipinski definition) is 6. The highest BCUT2D eigenvalue weighted by atomic mass is 32.2. The van der Waals surface area contributed by atoms with Gasteiger partial charge in [0.2, 0.25) is 15.9 Å². The number of fused-ring (bicyclic) bond motifs is 1. The quantitative estimate of drug-likeness (QED) is 0.562. The average molecular weight is 544 g/mol. The molecule has 38 heavy (non-hydrogen) atoms. The highest BCUT2D eigenvalue weighted by molar-refractivity contribution is 7.89. The normalized spacial score (nSPS) is 21.2. The number of amides is 1. The van der Waals surface area contributed by atoms with Crippen LogP contribution in [-0.4, -0.2) is 72.5 Å². The average Bonchev–Trinajstić information content (AvgIpc) is 3.43. The summed E-state index contributed by atoms with van der Waals surface area (Å²) in [6, 6.07) is 6.02. The van der Waals surface area contributed by atoms with Crippen LogP contribution in [0, 0.1) is 29.5 Å². The van der Waals surface area contributed by atoms with E-state index in [0.717, 1.165) is 23.2 Å². The number of hydrogen-bond donors (Lipinski definition) is 1. The van der Waals surface area contributed by atoms with Crippen LogP contribution < -0.4 is 4.74 Å². The van der Waals surface area contributed by atoms with Crippen LogP contribution in [0.2, 0.25) is 0 Å². The first-order valence-corrected chi connectivity index (χ1v) is 14.4. The van der Waals surface area contributed by atoms with Crippen molar-refractivity contribution in [2.45, 2.75) is 56.6 Å². The number of rotatable bonds is 6. The number of aliphatic hydroxyl groups is 1. The Kier molecular flexibility index (Phi) is 8.71. The summed E-state index contributed by atoms with van der Waals surface area (Å²) in [6.07, 6.45) is 5.37. The standard InChI is InChI=1S/C28H34FN3O5S/c1-19-16-32(20(2)18-33)28(34)25-13-22(12-11-21-7-4-5-8-21)15-30-27(25)37-26(19)17-31(3)38(35,36)24-10-6-9-23(29)14-24/h6,9-10,13-15,19-21,26,33H,4-5,7-8,16-18H2,1-3H3/t19-,20-,26-/m1/s1. The van der Waals surface area contributed by atoms with Crippen molar-refractivity contribution in [1.29, 1.82) is 0 Å². The lowest BCUT2D eigenvalue weighted by Crippen LogP contribution is -2.50. The van der Waals surface area contributed by atoms with Crippen LogP contribution in [0.5, 0.6) is 5.88 Å². The fraction of sp³-hybridized carbons (Fsp3) is 0.500. The molecule has 1 aliphatic heterocycles. The van der Waals surface area contributed by atoms with Crippen LogP contribution in [0.1, 0.15) is 55.5 Å². The molecule has 1 amide bonds. The first kappa shape index (κ1) is 28.0. The van der Waals surface area contributed by atoms with Gasteiger partial charge in [-0.05, 0) is 44.0 Å². The van der Waals surface area contributed by atoms with E-state index >= 15 is 0 Å². The number of halogens is 1. The van der Waals surface area contributed by atoms with Crippen LogP contribution >= 0.6 is 0 Å². The Labute approximate surface area is 223 Å². The summed E-state index contributed by atoms with van der Waals surface area (Å²) >= 11 is 0. The molecule has 3 atom stereocenters. The monoisotopic (exact) mass is 543 g/mol. The smallest absolute Gasteiger partial charge is 0.259 e. The van der Waals surface area contributed by atoms with Crippen molar-refractivity contribution in [3.63, 3.8) is 0 Å². The van der Waals surface area contributed by atoms with Crippen molar-refractivity contribution in [2.24, 2.45) is 11.8 Å². The van der Waals surface area contributed by atoms with E-state index < -0.39 is 28.0 Å². The number of aliphatic hydroxyl groups excluding tert-OH is 1. The summed E-state index contributed by atoms with van der Waals surface area (Å²) in [5.41, 5.74) is 0.816. The van der Waals surface area contributed by atoms with E-state index in [1.54, 1.807) is 24.1 Å². The molecule has 0 bridgehead atoms. The SMILES string of the molecule is C[C@@H]1CN([C@H](C)CO)C(=O)c2cc(C#CC3CCCC3)cnc2O[C@@H]1CN(C)S(=O)(=O)c1cccc(F)c1. The van der Waals surface area contributed by atoms with Gasteiger partial charge in [0, 0.05) is 37.2 Å². The van der Waals surface area contributed by atoms with E-state index in [2.05, 4.69) is 16.8 Å². The van der Waals surface area contributed by atoms with Crippen molar-refractivity contribution in [2.75, 3.05) is 26.7 Å². The molecule has 0 saturated heterocycles. The molecule has 0 spiro atoms. The summed E-state index contributed by atoms with van der Waals surface area (Å²) < 4.78 is 47.3. The lowest BCUT2D eigenvalue weighted by atomic mass is 10.00. The summed E-state index contributed by atoms with van der Waals surface area (Å²) in [5.74, 6) is 5.56. The molecule has 1 aromatic carbocycles. The molecule has 0 radical (unpaired) electrons. The number of ether oxygens (including phenoxy) is 1. The molecule has 204 valence electrons. The Morgan fingerprint density at radius 1 is 1.29 bits per heavy atom. The second-order valence-corrected chi connectivity index (χ2v) is 12.2. The van der Waals surface area contributed by atoms with Gasteiger partial charge in [-0.25, -0.2) is 17.8 Å². The first-order valence-electron chi connectivity index (χ1n) is 12.9. The Bertz CT molecular complexity index is 1330. The summed E-state index contributed by atoms with van der Waals surface area (Å²) in [6.45, 7) is 3.54. The third-order valence-electron chi connectivity index (χ3n) is 7.24. The Balaban J connectivity index is 1.66. The predicted molar refractivity (Wildman–Crippen MR) is 140 cm³/mol. The van der Waals surface area contributed by atoms with Crippen molar-refractivity contribution < 1.29 is 27.4 Å². The topological polar surface area (TPSA) is 100 Å². The van der Waals surface area contributed by atoms with Gasteiger partial charge in [-0.15, -0.1) is 0 Å². The molecule has 10 heteroatoms. The molecular weight excluding hydrogens is 509 g/mol. The second kappa shape index (κ2) is 11.8. The number of nitrogens with zero attached hydrogens (tertiary/aromatic N) is 3. The molecule has 2 aromatic rings. The summed E-state index contributed by atoms with van der Waals surface area (Å²) in [5, 5.41) is 9.85. The third kappa shape index (κ3) is 6.17. The summed E-state index contributed by atoms with van der Waals surface area (Å²) in [4.78, 5) is 19.4. The van der Waals surface area contributed by atoms with Gasteiger partial charge in [-0.2, -0.15) is 4.31 Å². The Morgan fingerprint density at radius 3 is 2.71 bits per heavy atom. The summed E-state index contributed by atoms with van der Waals surface area (Å²) in [7, 11) is -2.59. The van der Waals surface area contributed by atoms with Gasteiger partial charge in [-0.1, -0.05) is 37.7 Å². The van der Waals surface area contributed by atoms with Crippen molar-refractivity contribution >= 4 is 15.9 Å². The molecule has 2 heterocycles. The molecular formula is C28H34FN3O5S. The largest absolute Gasteiger partial charge is 0.472 e. The van der Waals surface area contributed by atoms with E-state index in [0.29, 0.717) is 11.5 Å². The lowest BCUT2D eigenvalue weighted by molar-refractivity contribution is 0.0373. The highest BCUT2D eigenvalue weighted by Gasteiger charge is 2.36. The molecule has 1 aromatic heterocycles. The van der Waals surface area contributed by atoms with Gasteiger partial charge in [0.1, 0.15) is 17.5 Å². The minimum absolute atomic E-state index is 0.0556. The van der Waals surface area contributed by atoms with Crippen LogP contribution in [-0.2, 0) is 10.0 Å². The second-order valence-electron chi connectivity index (χ2n) is 10.2. The Hall–Kier alpha value is -3.00. The molecule has 0 unspecified atom stereocenters.